The molecule has 0 amide bonds. The Balaban J connectivity index is 3.49. The van der Waals surface area contributed by atoms with Crippen molar-refractivity contribution >= 4 is 0 Å². The number of ether oxygens (including phenoxy) is 1. The molecule has 0 unspecified atom stereocenters. The molecule has 7 heteroatoms. The summed E-state index contributed by atoms with van der Waals surface area (Å²) in [7, 11) is 0.896. The van der Waals surface area contributed by atoms with Crippen molar-refractivity contribution in [1.29, 1.82) is 0 Å². The van der Waals surface area contributed by atoms with Crippen LogP contribution in [0.25, 0.3) is 0 Å². The first-order valence-corrected chi connectivity index (χ1v) is 4.18. The summed E-state index contributed by atoms with van der Waals surface area (Å²) >= 11 is 0. The maximum absolute atomic E-state index is 12.5. The van der Waals surface area contributed by atoms with Gasteiger partial charge in [0.05, 0.1) is 12.7 Å². The van der Waals surface area contributed by atoms with E-state index in [0.717, 1.165) is 13.2 Å². The van der Waals surface area contributed by atoms with Crippen molar-refractivity contribution in [2.75, 3.05) is 7.11 Å². The quantitative estimate of drug-likeness (QED) is 0.740. The topological polar surface area (TPSA) is 22.1 Å². The minimum Gasteiger partial charge on any atom is -0.494 e. The van der Waals surface area contributed by atoms with E-state index in [0.29, 0.717) is 0 Å². The van der Waals surface area contributed by atoms with Gasteiger partial charge in [0, 0.05) is 5.69 Å². The van der Waals surface area contributed by atoms with Gasteiger partial charge < -0.3 is 4.74 Å². The number of aryl methyl sites for hydroxylation is 1. The van der Waals surface area contributed by atoms with Crippen LogP contribution in [0.1, 0.15) is 23.4 Å². The number of nitrogens with zero attached hydrogens (tertiary/aromatic N) is 1. The van der Waals surface area contributed by atoms with Crippen LogP contribution in [-0.2, 0) is 6.18 Å². The van der Waals surface area contributed by atoms with Crippen molar-refractivity contribution in [2.45, 2.75) is 19.5 Å². The monoisotopic (exact) mass is 241 g/mol. The highest BCUT2D eigenvalue weighted by molar-refractivity contribution is 5.41. The first kappa shape index (κ1) is 12.7. The highest BCUT2D eigenvalue weighted by Crippen LogP contribution is 2.40. The number of alkyl halides is 5. The smallest absolute Gasteiger partial charge is 0.437 e. The summed E-state index contributed by atoms with van der Waals surface area (Å²) < 4.78 is 66.7. The third-order valence-corrected chi connectivity index (χ3v) is 1.84. The molecule has 90 valence electrons. The first-order chi connectivity index (χ1) is 7.27. The minimum absolute atomic E-state index is 0.136. The normalized spacial score (nSPS) is 12.0. The fourth-order valence-corrected chi connectivity index (χ4v) is 1.26. The van der Waals surface area contributed by atoms with Gasteiger partial charge in [-0.3, -0.25) is 0 Å². The van der Waals surface area contributed by atoms with Crippen LogP contribution in [0.3, 0.4) is 0 Å². The maximum Gasteiger partial charge on any atom is 0.437 e. The summed E-state index contributed by atoms with van der Waals surface area (Å²) in [5.41, 5.74) is -2.36. The molecule has 2 nitrogen and oxygen atoms in total. The van der Waals surface area contributed by atoms with Crippen LogP contribution < -0.4 is 4.74 Å². The summed E-state index contributed by atoms with van der Waals surface area (Å²) in [4.78, 5) is 3.17. The van der Waals surface area contributed by atoms with Crippen LogP contribution in [0.2, 0.25) is 0 Å². The summed E-state index contributed by atoms with van der Waals surface area (Å²) in [5, 5.41) is 0. The molecule has 0 saturated heterocycles. The molecular weight excluding hydrogens is 233 g/mol. The second-order valence-electron chi connectivity index (χ2n) is 3.03. The standard InChI is InChI=1S/C9H8F5NO/c1-4-3-5(8(10)11)6(16-2)7(15-4)9(12,13)14/h3,8H,1-2H3. The Morgan fingerprint density at radius 3 is 2.25 bits per heavy atom. The Labute approximate surface area is 88.1 Å². The first-order valence-electron chi connectivity index (χ1n) is 4.18. The van der Waals surface area contributed by atoms with Crippen molar-refractivity contribution in [2.24, 2.45) is 0 Å². The van der Waals surface area contributed by atoms with Crippen LogP contribution in [0.5, 0.6) is 5.75 Å². The lowest BCUT2D eigenvalue weighted by atomic mass is 10.1. The van der Waals surface area contributed by atoms with Crippen LogP contribution in [0, 0.1) is 6.92 Å². The second kappa shape index (κ2) is 4.23. The fraction of sp³-hybridized carbons (Fsp3) is 0.444. The molecular formula is C9H8F5NO. The molecule has 0 radical (unpaired) electrons. The van der Waals surface area contributed by atoms with E-state index in [1.807, 2.05) is 0 Å². The van der Waals surface area contributed by atoms with Gasteiger partial charge in [-0.25, -0.2) is 13.8 Å². The molecule has 1 aromatic heterocycles. The zero-order valence-corrected chi connectivity index (χ0v) is 8.40. The molecule has 0 N–H and O–H groups in total. The van der Waals surface area contributed by atoms with E-state index in [4.69, 9.17) is 0 Å². The molecule has 0 spiro atoms. The van der Waals surface area contributed by atoms with E-state index in [-0.39, 0.29) is 5.69 Å². The van der Waals surface area contributed by atoms with Gasteiger partial charge in [-0.05, 0) is 13.0 Å². The lowest BCUT2D eigenvalue weighted by Gasteiger charge is -2.15. The molecule has 0 atom stereocenters. The summed E-state index contributed by atoms with van der Waals surface area (Å²) in [6.45, 7) is 1.21. The van der Waals surface area contributed by atoms with Crippen molar-refractivity contribution in [1.82, 2.24) is 4.98 Å². The number of methoxy groups -OCH3 is 1. The van der Waals surface area contributed by atoms with Crippen molar-refractivity contribution in [3.05, 3.63) is 23.0 Å². The Morgan fingerprint density at radius 2 is 1.88 bits per heavy atom. The van der Waals surface area contributed by atoms with E-state index in [1.54, 1.807) is 0 Å². The lowest BCUT2D eigenvalue weighted by molar-refractivity contribution is -0.142. The van der Waals surface area contributed by atoms with Crippen molar-refractivity contribution in [3.63, 3.8) is 0 Å². The van der Waals surface area contributed by atoms with Gasteiger partial charge in [0.2, 0.25) is 0 Å². The molecule has 0 aliphatic heterocycles. The number of aromatic nitrogens is 1. The molecule has 1 aromatic rings. The number of rotatable bonds is 2. The van der Waals surface area contributed by atoms with Gasteiger partial charge in [0.25, 0.3) is 6.43 Å². The number of hydrogen-bond donors (Lipinski definition) is 0. The van der Waals surface area contributed by atoms with Crippen molar-refractivity contribution < 1.29 is 26.7 Å². The number of pyridine rings is 1. The van der Waals surface area contributed by atoms with E-state index < -0.39 is 29.6 Å². The Morgan fingerprint density at radius 1 is 1.31 bits per heavy atom. The second-order valence-corrected chi connectivity index (χ2v) is 3.03. The zero-order chi connectivity index (χ0) is 12.5. The zero-order valence-electron chi connectivity index (χ0n) is 8.40. The molecule has 16 heavy (non-hydrogen) atoms. The van der Waals surface area contributed by atoms with Crippen molar-refractivity contribution in [3.8, 4) is 5.75 Å². The molecule has 1 heterocycles. The van der Waals surface area contributed by atoms with Gasteiger partial charge in [-0.15, -0.1) is 0 Å². The van der Waals surface area contributed by atoms with E-state index in [2.05, 4.69) is 9.72 Å². The molecule has 0 aromatic carbocycles. The average molecular weight is 241 g/mol. The van der Waals surface area contributed by atoms with Crippen LogP contribution in [-0.4, -0.2) is 12.1 Å². The third-order valence-electron chi connectivity index (χ3n) is 1.84. The van der Waals surface area contributed by atoms with Crippen LogP contribution in [0.4, 0.5) is 22.0 Å². The summed E-state index contributed by atoms with van der Waals surface area (Å²) in [6.07, 6.45) is -7.86. The van der Waals surface area contributed by atoms with Gasteiger partial charge in [0.1, 0.15) is 0 Å². The Kier molecular flexibility index (Phi) is 3.35. The van der Waals surface area contributed by atoms with E-state index in [9.17, 15) is 22.0 Å². The predicted molar refractivity (Wildman–Crippen MR) is 45.5 cm³/mol. The van der Waals surface area contributed by atoms with Gasteiger partial charge >= 0.3 is 6.18 Å². The highest BCUT2D eigenvalue weighted by Gasteiger charge is 2.38. The average Bonchev–Trinajstić information content (AvgIpc) is 2.14. The molecule has 1 rings (SSSR count). The van der Waals surface area contributed by atoms with Gasteiger partial charge in [-0.2, -0.15) is 13.2 Å². The molecule has 0 aliphatic rings. The highest BCUT2D eigenvalue weighted by atomic mass is 19.4. The van der Waals surface area contributed by atoms with Crippen LogP contribution in [0.15, 0.2) is 6.07 Å². The third kappa shape index (κ3) is 2.40. The SMILES string of the molecule is COc1c(C(F)F)cc(C)nc1C(F)(F)F. The molecule has 0 saturated carbocycles. The number of halogens is 5. The molecule has 0 bridgehead atoms. The number of hydrogen-bond acceptors (Lipinski definition) is 2. The fourth-order valence-electron chi connectivity index (χ4n) is 1.26. The van der Waals surface area contributed by atoms with E-state index >= 15 is 0 Å². The molecule has 0 aliphatic carbocycles. The lowest BCUT2D eigenvalue weighted by Crippen LogP contribution is -2.13. The Hall–Kier alpha value is -1.40. The van der Waals surface area contributed by atoms with Gasteiger partial charge in [0.15, 0.2) is 11.4 Å². The van der Waals surface area contributed by atoms with Gasteiger partial charge in [-0.1, -0.05) is 0 Å². The van der Waals surface area contributed by atoms with Crippen LogP contribution >= 0.6 is 0 Å². The predicted octanol–water partition coefficient (Wildman–Crippen LogP) is 3.36. The minimum atomic E-state index is -4.82. The largest absolute Gasteiger partial charge is 0.494 e. The summed E-state index contributed by atoms with van der Waals surface area (Å²) in [6, 6.07) is 0.874. The summed E-state index contributed by atoms with van der Waals surface area (Å²) in [5.74, 6) is -0.923. The molecule has 0 fully saturated rings. The van der Waals surface area contributed by atoms with E-state index in [1.165, 1.54) is 6.92 Å². The Bertz CT molecular complexity index is 388. The maximum atomic E-state index is 12.5.